The van der Waals surface area contributed by atoms with E-state index in [0.29, 0.717) is 25.8 Å². The molecule has 3 rings (SSSR count). The van der Waals surface area contributed by atoms with Crippen molar-refractivity contribution in [2.45, 2.75) is 24.7 Å². The minimum atomic E-state index is -0.777. The standard InChI is InChI=1S/C13H14N2O3/c16-11-5-8-15(14-11)10-4-2-1-3-9(10)13(6-7-13)12(17)18/h1-4H,5-8H2,(H,14,16)(H,17,18). The van der Waals surface area contributed by atoms with Crippen molar-refractivity contribution in [3.05, 3.63) is 29.8 Å². The van der Waals surface area contributed by atoms with Crippen LogP contribution < -0.4 is 10.4 Å². The van der Waals surface area contributed by atoms with Gasteiger partial charge < -0.3 is 5.11 Å². The molecule has 2 aliphatic rings. The summed E-state index contributed by atoms with van der Waals surface area (Å²) in [6.45, 7) is 0.589. The van der Waals surface area contributed by atoms with Crippen LogP contribution in [0.25, 0.3) is 0 Å². The Bertz CT molecular complexity index is 523. The number of benzene rings is 1. The third-order valence-corrected chi connectivity index (χ3v) is 3.69. The molecule has 0 spiro atoms. The highest BCUT2D eigenvalue weighted by Gasteiger charge is 2.53. The molecule has 1 heterocycles. The van der Waals surface area contributed by atoms with Crippen LogP contribution in [0, 0.1) is 0 Å². The van der Waals surface area contributed by atoms with E-state index in [9.17, 15) is 14.7 Å². The van der Waals surface area contributed by atoms with Gasteiger partial charge in [-0.15, -0.1) is 0 Å². The zero-order valence-electron chi connectivity index (χ0n) is 9.85. The molecule has 94 valence electrons. The van der Waals surface area contributed by atoms with E-state index >= 15 is 0 Å². The van der Waals surface area contributed by atoms with Crippen molar-refractivity contribution in [2.24, 2.45) is 0 Å². The molecule has 1 amide bonds. The van der Waals surface area contributed by atoms with Crippen LogP contribution in [0.5, 0.6) is 0 Å². The number of nitrogens with one attached hydrogen (secondary N) is 1. The van der Waals surface area contributed by atoms with Crippen LogP contribution >= 0.6 is 0 Å². The van der Waals surface area contributed by atoms with Crippen LogP contribution in [-0.2, 0) is 15.0 Å². The van der Waals surface area contributed by atoms with Crippen molar-refractivity contribution in [3.8, 4) is 0 Å². The number of carboxylic acid groups (broad SMARTS) is 1. The predicted octanol–water partition coefficient (Wildman–Crippen LogP) is 1.04. The molecule has 5 nitrogen and oxygen atoms in total. The molecule has 0 bridgehead atoms. The molecule has 18 heavy (non-hydrogen) atoms. The van der Waals surface area contributed by atoms with Crippen molar-refractivity contribution in [1.82, 2.24) is 5.43 Å². The topological polar surface area (TPSA) is 69.6 Å². The van der Waals surface area contributed by atoms with E-state index in [-0.39, 0.29) is 5.91 Å². The minimum Gasteiger partial charge on any atom is -0.481 e. The number of rotatable bonds is 3. The SMILES string of the molecule is O=C1CCN(c2ccccc2C2(C(=O)O)CC2)N1. The average molecular weight is 246 g/mol. The summed E-state index contributed by atoms with van der Waals surface area (Å²) in [5, 5.41) is 11.1. The van der Waals surface area contributed by atoms with Gasteiger partial charge in [0.1, 0.15) is 0 Å². The number of anilines is 1. The molecule has 1 aliphatic heterocycles. The van der Waals surface area contributed by atoms with Gasteiger partial charge in [-0.2, -0.15) is 0 Å². The van der Waals surface area contributed by atoms with Crippen LogP contribution in [0.15, 0.2) is 24.3 Å². The highest BCUT2D eigenvalue weighted by atomic mass is 16.4. The Morgan fingerprint density at radius 1 is 1.33 bits per heavy atom. The van der Waals surface area contributed by atoms with Crippen molar-refractivity contribution >= 4 is 17.6 Å². The average Bonchev–Trinajstić information content (AvgIpc) is 3.07. The van der Waals surface area contributed by atoms with Gasteiger partial charge in [-0.3, -0.25) is 20.0 Å². The summed E-state index contributed by atoms with van der Waals surface area (Å²) in [4.78, 5) is 22.7. The maximum Gasteiger partial charge on any atom is 0.314 e. The Hall–Kier alpha value is -2.04. The first-order valence-corrected chi connectivity index (χ1v) is 6.03. The van der Waals surface area contributed by atoms with Gasteiger partial charge in [0.2, 0.25) is 5.91 Å². The number of hydrazine groups is 1. The summed E-state index contributed by atoms with van der Waals surface area (Å²) in [6.07, 6.45) is 1.79. The highest BCUT2D eigenvalue weighted by molar-refractivity contribution is 5.89. The second kappa shape index (κ2) is 3.73. The zero-order chi connectivity index (χ0) is 12.8. The first-order valence-electron chi connectivity index (χ1n) is 6.03. The van der Waals surface area contributed by atoms with E-state index < -0.39 is 11.4 Å². The van der Waals surface area contributed by atoms with E-state index in [2.05, 4.69) is 5.43 Å². The Morgan fingerprint density at radius 3 is 2.61 bits per heavy atom. The summed E-state index contributed by atoms with van der Waals surface area (Å²) >= 11 is 0. The molecule has 1 aliphatic carbocycles. The summed E-state index contributed by atoms with van der Waals surface area (Å²) in [5.41, 5.74) is 3.62. The zero-order valence-corrected chi connectivity index (χ0v) is 9.85. The maximum atomic E-state index is 11.4. The van der Waals surface area contributed by atoms with Crippen molar-refractivity contribution < 1.29 is 14.7 Å². The summed E-state index contributed by atoms with van der Waals surface area (Å²) in [7, 11) is 0. The number of para-hydroxylation sites is 1. The first-order chi connectivity index (χ1) is 8.63. The number of carboxylic acids is 1. The second-order valence-electron chi connectivity index (χ2n) is 4.84. The van der Waals surface area contributed by atoms with Gasteiger partial charge in [0, 0.05) is 13.0 Å². The fraction of sp³-hybridized carbons (Fsp3) is 0.385. The predicted molar refractivity (Wildman–Crippen MR) is 65.1 cm³/mol. The number of hydrogen-bond donors (Lipinski definition) is 2. The Morgan fingerprint density at radius 2 is 2.06 bits per heavy atom. The number of nitrogens with zero attached hydrogens (tertiary/aromatic N) is 1. The molecule has 1 saturated carbocycles. The molecule has 0 aromatic heterocycles. The van der Waals surface area contributed by atoms with Gasteiger partial charge in [0.15, 0.2) is 0 Å². The summed E-state index contributed by atoms with van der Waals surface area (Å²) in [5.74, 6) is -0.801. The monoisotopic (exact) mass is 246 g/mol. The quantitative estimate of drug-likeness (QED) is 0.836. The lowest BCUT2D eigenvalue weighted by Crippen LogP contribution is -2.35. The smallest absolute Gasteiger partial charge is 0.314 e. The van der Waals surface area contributed by atoms with Gasteiger partial charge in [-0.25, -0.2) is 0 Å². The highest BCUT2D eigenvalue weighted by Crippen LogP contribution is 2.51. The molecule has 2 N–H and O–H groups in total. The Balaban J connectivity index is 2.01. The molecule has 0 atom stereocenters. The van der Waals surface area contributed by atoms with Gasteiger partial charge in [0.25, 0.3) is 0 Å². The minimum absolute atomic E-state index is 0.0232. The third kappa shape index (κ3) is 1.54. The number of amides is 1. The fourth-order valence-corrected chi connectivity index (χ4v) is 2.49. The number of aliphatic carboxylic acids is 1. The van der Waals surface area contributed by atoms with Gasteiger partial charge >= 0.3 is 5.97 Å². The van der Waals surface area contributed by atoms with Crippen molar-refractivity contribution in [3.63, 3.8) is 0 Å². The molecular weight excluding hydrogens is 232 g/mol. The maximum absolute atomic E-state index is 11.4. The molecule has 2 fully saturated rings. The lowest BCUT2D eigenvalue weighted by molar-refractivity contribution is -0.140. The molecule has 1 saturated heterocycles. The van der Waals surface area contributed by atoms with Gasteiger partial charge in [-0.1, -0.05) is 18.2 Å². The van der Waals surface area contributed by atoms with E-state index in [4.69, 9.17) is 0 Å². The first kappa shape index (κ1) is 11.1. The van der Waals surface area contributed by atoms with Crippen LogP contribution in [-0.4, -0.2) is 23.5 Å². The second-order valence-corrected chi connectivity index (χ2v) is 4.84. The van der Waals surface area contributed by atoms with Crippen LogP contribution in [0.1, 0.15) is 24.8 Å². The summed E-state index contributed by atoms with van der Waals surface area (Å²) in [6, 6.07) is 7.42. The summed E-state index contributed by atoms with van der Waals surface area (Å²) < 4.78 is 0. The number of hydrogen-bond acceptors (Lipinski definition) is 3. The third-order valence-electron chi connectivity index (χ3n) is 3.69. The number of carbonyl (C=O) groups excluding carboxylic acids is 1. The van der Waals surface area contributed by atoms with E-state index in [1.165, 1.54) is 0 Å². The lowest BCUT2D eigenvalue weighted by atomic mass is 9.94. The van der Waals surface area contributed by atoms with Crippen molar-refractivity contribution in [2.75, 3.05) is 11.6 Å². The lowest BCUT2D eigenvalue weighted by Gasteiger charge is -2.23. The number of carbonyl (C=O) groups is 2. The molecule has 1 aromatic rings. The van der Waals surface area contributed by atoms with Gasteiger partial charge in [0.05, 0.1) is 11.1 Å². The molecule has 0 unspecified atom stereocenters. The Labute approximate surface area is 104 Å². The Kier molecular flexibility index (Phi) is 2.29. The van der Waals surface area contributed by atoms with Crippen LogP contribution in [0.3, 0.4) is 0 Å². The van der Waals surface area contributed by atoms with Crippen molar-refractivity contribution in [1.29, 1.82) is 0 Å². The normalized spacial score (nSPS) is 20.7. The van der Waals surface area contributed by atoms with E-state index in [0.717, 1.165) is 11.3 Å². The molecule has 5 heteroatoms. The van der Waals surface area contributed by atoms with Gasteiger partial charge in [-0.05, 0) is 24.5 Å². The largest absolute Gasteiger partial charge is 0.481 e. The van der Waals surface area contributed by atoms with E-state index in [1.54, 1.807) is 5.01 Å². The molecular formula is C13H14N2O3. The van der Waals surface area contributed by atoms with E-state index in [1.807, 2.05) is 24.3 Å². The molecule has 1 aromatic carbocycles. The van der Waals surface area contributed by atoms with Crippen LogP contribution in [0.2, 0.25) is 0 Å². The fourth-order valence-electron chi connectivity index (χ4n) is 2.49. The van der Waals surface area contributed by atoms with Crippen LogP contribution in [0.4, 0.5) is 5.69 Å². The molecule has 0 radical (unpaired) electrons.